The fourth-order valence-corrected chi connectivity index (χ4v) is 2.21. The Bertz CT molecular complexity index is 718. The van der Waals surface area contributed by atoms with E-state index in [1.54, 1.807) is 12.2 Å². The lowest BCUT2D eigenvalue weighted by Crippen LogP contribution is -2.30. The van der Waals surface area contributed by atoms with Gasteiger partial charge in [-0.3, -0.25) is 4.79 Å². The van der Waals surface area contributed by atoms with E-state index in [1.807, 2.05) is 54.6 Å². The van der Waals surface area contributed by atoms with Crippen molar-refractivity contribution in [2.45, 2.75) is 0 Å². The third kappa shape index (κ3) is 4.68. The zero-order valence-corrected chi connectivity index (χ0v) is 13.5. The Balaban J connectivity index is 2.18. The molecule has 0 fully saturated rings. The second-order valence-electron chi connectivity index (χ2n) is 4.95. The van der Waals surface area contributed by atoms with Crippen LogP contribution in [0.5, 0.6) is 0 Å². The van der Waals surface area contributed by atoms with Crippen LogP contribution in [-0.4, -0.2) is 25.8 Å². The van der Waals surface area contributed by atoms with E-state index in [2.05, 4.69) is 0 Å². The molecule has 0 aliphatic carbocycles. The number of methoxy groups -OCH3 is 1. The Morgan fingerprint density at radius 3 is 2.29 bits per heavy atom. The van der Waals surface area contributed by atoms with Gasteiger partial charge in [-0.05, 0) is 29.3 Å². The molecule has 4 heteroatoms. The maximum absolute atomic E-state index is 12.3. The molecule has 0 heterocycles. The minimum atomic E-state index is -0.268. The summed E-state index contributed by atoms with van der Waals surface area (Å²) in [6.07, 6.45) is 6.74. The molecule has 2 aromatic rings. The van der Waals surface area contributed by atoms with Crippen molar-refractivity contribution in [3.8, 4) is 11.1 Å². The third-order valence-corrected chi connectivity index (χ3v) is 3.37. The Labute approximate surface area is 141 Å². The molecule has 2 rings (SSSR count). The number of rotatable bonds is 7. The molecule has 122 valence electrons. The van der Waals surface area contributed by atoms with Crippen molar-refractivity contribution in [2.24, 2.45) is 0 Å². The van der Waals surface area contributed by atoms with Crippen molar-refractivity contribution in [3.63, 3.8) is 0 Å². The van der Waals surface area contributed by atoms with E-state index in [0.717, 1.165) is 11.1 Å². The summed E-state index contributed by atoms with van der Waals surface area (Å²) in [7, 11) is 1.53. The van der Waals surface area contributed by atoms with Gasteiger partial charge in [-0.2, -0.15) is 0 Å². The van der Waals surface area contributed by atoms with Gasteiger partial charge in [-0.15, -0.1) is 0 Å². The van der Waals surface area contributed by atoms with Gasteiger partial charge in [0.05, 0.1) is 19.9 Å². The molecule has 0 radical (unpaired) electrons. The maximum Gasteiger partial charge on any atom is 0.251 e. The molecule has 4 nitrogen and oxygen atoms in total. The largest absolute Gasteiger partial charge is 0.504 e. The minimum Gasteiger partial charge on any atom is -0.504 e. The number of carbonyl (C=O) groups is 2. The molecular formula is C20H19NO3. The van der Waals surface area contributed by atoms with Gasteiger partial charge in [-0.25, -0.2) is 0 Å². The third-order valence-electron chi connectivity index (χ3n) is 3.37. The highest BCUT2D eigenvalue weighted by molar-refractivity contribution is 6.03. The summed E-state index contributed by atoms with van der Waals surface area (Å²) in [6.45, 7) is 0.00183. The minimum absolute atomic E-state index is 0.00183. The van der Waals surface area contributed by atoms with Gasteiger partial charge in [-0.1, -0.05) is 48.5 Å². The van der Waals surface area contributed by atoms with Gasteiger partial charge < -0.3 is 14.4 Å². The summed E-state index contributed by atoms with van der Waals surface area (Å²) in [6, 6.07) is 17.5. The molecule has 0 aliphatic heterocycles. The molecule has 0 spiro atoms. The van der Waals surface area contributed by atoms with Crippen molar-refractivity contribution >= 4 is 17.9 Å². The second-order valence-corrected chi connectivity index (χ2v) is 4.95. The SMILES string of the molecule is CO/C=C\C=C\C(=O)N(CC=O)c1ccc(-c2ccccc2)cc1. The Morgan fingerprint density at radius 2 is 1.67 bits per heavy atom. The molecule has 0 N–H and O–H groups in total. The zero-order chi connectivity index (χ0) is 17.2. The quantitative estimate of drug-likeness (QED) is 0.339. The number of anilines is 1. The molecule has 0 aromatic heterocycles. The van der Waals surface area contributed by atoms with Crippen LogP contribution in [0.1, 0.15) is 0 Å². The number of hydrogen-bond donors (Lipinski definition) is 0. The highest BCUT2D eigenvalue weighted by atomic mass is 16.5. The number of benzene rings is 2. The fraction of sp³-hybridized carbons (Fsp3) is 0.100. The zero-order valence-electron chi connectivity index (χ0n) is 13.5. The first-order chi connectivity index (χ1) is 11.8. The normalized spacial score (nSPS) is 10.9. The molecule has 24 heavy (non-hydrogen) atoms. The van der Waals surface area contributed by atoms with E-state index in [1.165, 1.54) is 24.3 Å². The number of amides is 1. The smallest absolute Gasteiger partial charge is 0.251 e. The van der Waals surface area contributed by atoms with Crippen LogP contribution in [-0.2, 0) is 14.3 Å². The number of allylic oxidation sites excluding steroid dienone is 2. The lowest BCUT2D eigenvalue weighted by atomic mass is 10.1. The van der Waals surface area contributed by atoms with E-state index < -0.39 is 0 Å². The average molecular weight is 321 g/mol. The summed E-state index contributed by atoms with van der Waals surface area (Å²) >= 11 is 0. The van der Waals surface area contributed by atoms with Gasteiger partial charge in [0.25, 0.3) is 5.91 Å². The average Bonchev–Trinajstić information content (AvgIpc) is 2.64. The predicted molar refractivity (Wildman–Crippen MR) is 95.6 cm³/mol. The Hall–Kier alpha value is -3.14. The van der Waals surface area contributed by atoms with Crippen LogP contribution in [0, 0.1) is 0 Å². The van der Waals surface area contributed by atoms with E-state index in [-0.39, 0.29) is 12.5 Å². The Morgan fingerprint density at radius 1 is 1.00 bits per heavy atom. The predicted octanol–water partition coefficient (Wildman–Crippen LogP) is 3.60. The van der Waals surface area contributed by atoms with Crippen LogP contribution in [0.4, 0.5) is 5.69 Å². The van der Waals surface area contributed by atoms with Gasteiger partial charge in [0.1, 0.15) is 6.29 Å². The van der Waals surface area contributed by atoms with Gasteiger partial charge >= 0.3 is 0 Å². The first kappa shape index (κ1) is 17.2. The van der Waals surface area contributed by atoms with Crippen molar-refractivity contribution in [1.29, 1.82) is 0 Å². The number of carbonyl (C=O) groups excluding carboxylic acids is 2. The standard InChI is InChI=1S/C20H19NO3/c1-24-16-6-5-9-20(23)21(14-15-22)19-12-10-18(11-13-19)17-7-3-2-4-8-17/h2-13,15-16H,14H2,1H3/b9-5+,16-6-. The number of nitrogens with zero attached hydrogens (tertiary/aromatic N) is 1. The molecule has 0 atom stereocenters. The molecule has 0 bridgehead atoms. The molecule has 0 aliphatic rings. The van der Waals surface area contributed by atoms with Crippen LogP contribution >= 0.6 is 0 Å². The molecule has 0 saturated carbocycles. The van der Waals surface area contributed by atoms with Crippen molar-refractivity contribution in [1.82, 2.24) is 0 Å². The lowest BCUT2D eigenvalue weighted by Gasteiger charge is -2.19. The van der Waals surface area contributed by atoms with Gasteiger partial charge in [0, 0.05) is 11.8 Å². The number of aldehydes is 1. The Kier molecular flexibility index (Phi) is 6.53. The van der Waals surface area contributed by atoms with Crippen molar-refractivity contribution < 1.29 is 14.3 Å². The van der Waals surface area contributed by atoms with Gasteiger partial charge in [0.2, 0.25) is 0 Å². The lowest BCUT2D eigenvalue weighted by molar-refractivity contribution is -0.116. The highest BCUT2D eigenvalue weighted by Gasteiger charge is 2.12. The molecule has 0 saturated heterocycles. The molecule has 2 aromatic carbocycles. The summed E-state index contributed by atoms with van der Waals surface area (Å²) in [4.78, 5) is 24.6. The molecule has 1 amide bonds. The van der Waals surface area contributed by atoms with Crippen LogP contribution < -0.4 is 4.90 Å². The first-order valence-electron chi connectivity index (χ1n) is 7.53. The van der Waals surface area contributed by atoms with E-state index in [4.69, 9.17) is 4.74 Å². The van der Waals surface area contributed by atoms with Crippen LogP contribution in [0.15, 0.2) is 79.1 Å². The first-order valence-corrected chi connectivity index (χ1v) is 7.53. The molecular weight excluding hydrogens is 302 g/mol. The fourth-order valence-electron chi connectivity index (χ4n) is 2.21. The van der Waals surface area contributed by atoms with Crippen LogP contribution in [0.3, 0.4) is 0 Å². The summed E-state index contributed by atoms with van der Waals surface area (Å²) < 4.78 is 4.76. The molecule has 0 unspecified atom stereocenters. The summed E-state index contributed by atoms with van der Waals surface area (Å²) in [5, 5.41) is 0. The van der Waals surface area contributed by atoms with E-state index in [9.17, 15) is 9.59 Å². The maximum atomic E-state index is 12.3. The van der Waals surface area contributed by atoms with E-state index >= 15 is 0 Å². The summed E-state index contributed by atoms with van der Waals surface area (Å²) in [5.41, 5.74) is 2.82. The monoisotopic (exact) mass is 321 g/mol. The van der Waals surface area contributed by atoms with Crippen molar-refractivity contribution in [2.75, 3.05) is 18.6 Å². The van der Waals surface area contributed by atoms with Crippen molar-refractivity contribution in [3.05, 3.63) is 79.1 Å². The number of ether oxygens (including phenoxy) is 1. The highest BCUT2D eigenvalue weighted by Crippen LogP contribution is 2.23. The van der Waals surface area contributed by atoms with Gasteiger partial charge in [0.15, 0.2) is 0 Å². The number of hydrogen-bond acceptors (Lipinski definition) is 3. The van der Waals surface area contributed by atoms with Crippen LogP contribution in [0.25, 0.3) is 11.1 Å². The van der Waals surface area contributed by atoms with Crippen LogP contribution in [0.2, 0.25) is 0 Å². The van der Waals surface area contributed by atoms with E-state index in [0.29, 0.717) is 12.0 Å². The topological polar surface area (TPSA) is 46.6 Å². The second kappa shape index (κ2) is 9.10. The summed E-state index contributed by atoms with van der Waals surface area (Å²) in [5.74, 6) is -0.268.